The number of nitrogens with one attached hydrogen (secondary N) is 1. The van der Waals surface area contributed by atoms with Crippen molar-refractivity contribution in [3.05, 3.63) is 67.3 Å². The van der Waals surface area contributed by atoms with Crippen LogP contribution < -0.4 is 16.0 Å². The summed E-state index contributed by atoms with van der Waals surface area (Å²) in [5.41, 5.74) is -0.167. The number of hydrogen-bond acceptors (Lipinski definition) is 5. The van der Waals surface area contributed by atoms with Gasteiger partial charge in [-0.05, 0) is 45.8 Å². The van der Waals surface area contributed by atoms with E-state index < -0.39 is 11.2 Å². The highest BCUT2D eigenvalue weighted by molar-refractivity contribution is 9.10. The van der Waals surface area contributed by atoms with Gasteiger partial charge in [0.25, 0.3) is 5.56 Å². The molecule has 0 fully saturated rings. The van der Waals surface area contributed by atoms with Crippen LogP contribution in [0, 0.1) is 0 Å². The molecule has 0 spiro atoms. The first-order chi connectivity index (χ1) is 11.5. The fourth-order valence-electron chi connectivity index (χ4n) is 2.21. The highest BCUT2D eigenvalue weighted by Crippen LogP contribution is 2.34. The molecule has 8 heteroatoms. The van der Waals surface area contributed by atoms with E-state index in [4.69, 9.17) is 4.74 Å². The third-order valence-corrected chi connectivity index (χ3v) is 3.98. The van der Waals surface area contributed by atoms with Crippen LogP contribution in [0.25, 0.3) is 10.9 Å². The minimum Gasteiger partial charge on any atom is -0.503 e. The molecule has 0 aliphatic heterocycles. The van der Waals surface area contributed by atoms with Gasteiger partial charge < -0.3 is 14.8 Å². The Balaban J connectivity index is 2.10. The molecule has 0 unspecified atom stereocenters. The highest BCUT2D eigenvalue weighted by Gasteiger charge is 2.09. The Kier molecular flexibility index (Phi) is 4.22. The summed E-state index contributed by atoms with van der Waals surface area (Å²) in [5, 5.41) is 14.1. The molecule has 0 saturated carbocycles. The monoisotopic (exact) mass is 389 g/mol. The second-order valence-corrected chi connectivity index (χ2v) is 5.75. The number of benzene rings is 2. The molecule has 1 aromatic heterocycles. The normalized spacial score (nSPS) is 11.2. The number of aromatic nitrogens is 2. The second-order valence-electron chi connectivity index (χ2n) is 4.89. The first-order valence-corrected chi connectivity index (χ1v) is 7.65. The summed E-state index contributed by atoms with van der Waals surface area (Å²) in [7, 11) is 1.42. The van der Waals surface area contributed by atoms with E-state index in [-0.39, 0.29) is 11.5 Å². The molecule has 7 nitrogen and oxygen atoms in total. The van der Waals surface area contributed by atoms with Crippen molar-refractivity contribution in [3.63, 3.8) is 0 Å². The zero-order valence-electron chi connectivity index (χ0n) is 12.5. The number of phenols is 1. The molecular formula is C16H12BrN3O4. The van der Waals surface area contributed by atoms with Gasteiger partial charge in [0.1, 0.15) is 0 Å². The second kappa shape index (κ2) is 6.32. The van der Waals surface area contributed by atoms with Gasteiger partial charge in [-0.2, -0.15) is 5.10 Å². The Hall–Kier alpha value is -2.87. The summed E-state index contributed by atoms with van der Waals surface area (Å²) < 4.78 is 6.20. The number of methoxy groups -OCH3 is 1. The van der Waals surface area contributed by atoms with Crippen LogP contribution in [-0.4, -0.2) is 28.1 Å². The van der Waals surface area contributed by atoms with Crippen molar-refractivity contribution < 1.29 is 9.84 Å². The van der Waals surface area contributed by atoms with Crippen LogP contribution in [0.15, 0.2) is 55.6 Å². The lowest BCUT2D eigenvalue weighted by Crippen LogP contribution is -2.32. The van der Waals surface area contributed by atoms with Gasteiger partial charge >= 0.3 is 5.69 Å². The van der Waals surface area contributed by atoms with Crippen LogP contribution >= 0.6 is 15.9 Å². The molecule has 0 radical (unpaired) electrons. The third kappa shape index (κ3) is 2.83. The van der Waals surface area contributed by atoms with Gasteiger partial charge in [0, 0.05) is 0 Å². The average molecular weight is 390 g/mol. The molecule has 0 bridgehead atoms. The lowest BCUT2D eigenvalue weighted by Gasteiger charge is -2.06. The van der Waals surface area contributed by atoms with Crippen molar-refractivity contribution in [1.29, 1.82) is 0 Å². The first-order valence-electron chi connectivity index (χ1n) is 6.86. The number of phenolic OH excluding ortho intramolecular Hbond substituents is 1. The van der Waals surface area contributed by atoms with Crippen molar-refractivity contribution in [2.24, 2.45) is 5.10 Å². The Bertz CT molecular complexity index is 1070. The van der Waals surface area contributed by atoms with Crippen LogP contribution in [-0.2, 0) is 0 Å². The van der Waals surface area contributed by atoms with Crippen LogP contribution in [0.2, 0.25) is 0 Å². The lowest BCUT2D eigenvalue weighted by molar-refractivity contribution is 0.372. The molecule has 0 aliphatic rings. The molecule has 2 aromatic carbocycles. The van der Waals surface area contributed by atoms with Gasteiger partial charge in [-0.3, -0.25) is 4.79 Å². The Morgan fingerprint density at radius 3 is 2.79 bits per heavy atom. The maximum absolute atomic E-state index is 12.4. The molecule has 0 aliphatic carbocycles. The number of aromatic hydroxyl groups is 1. The summed E-state index contributed by atoms with van der Waals surface area (Å²) >= 11 is 3.20. The van der Waals surface area contributed by atoms with E-state index >= 15 is 0 Å². The van der Waals surface area contributed by atoms with Gasteiger partial charge in [-0.1, -0.05) is 12.1 Å². The number of halogens is 1. The molecule has 1 heterocycles. The van der Waals surface area contributed by atoms with Crippen LogP contribution in [0.1, 0.15) is 5.56 Å². The first kappa shape index (κ1) is 16.0. The summed E-state index contributed by atoms with van der Waals surface area (Å²) in [6, 6.07) is 9.81. The quantitative estimate of drug-likeness (QED) is 0.669. The molecule has 0 atom stereocenters. The SMILES string of the molecule is COc1cc(/C=N/n2c(=O)[nH]c3ccccc3c2=O)cc(Br)c1O. The fraction of sp³-hybridized carbons (Fsp3) is 0.0625. The lowest BCUT2D eigenvalue weighted by atomic mass is 10.2. The van der Waals surface area contributed by atoms with E-state index in [1.807, 2.05) is 0 Å². The number of aromatic amines is 1. The Morgan fingerprint density at radius 1 is 1.29 bits per heavy atom. The largest absolute Gasteiger partial charge is 0.503 e. The third-order valence-electron chi connectivity index (χ3n) is 3.38. The summed E-state index contributed by atoms with van der Waals surface area (Å²) in [6.45, 7) is 0. The van der Waals surface area contributed by atoms with Gasteiger partial charge in [0.2, 0.25) is 0 Å². The van der Waals surface area contributed by atoms with Crippen molar-refractivity contribution in [2.75, 3.05) is 7.11 Å². The van der Waals surface area contributed by atoms with Crippen molar-refractivity contribution in [2.45, 2.75) is 0 Å². The fourth-order valence-corrected chi connectivity index (χ4v) is 2.67. The predicted octanol–water partition coefficient (Wildman–Crippen LogP) is 2.05. The van der Waals surface area contributed by atoms with Gasteiger partial charge in [0.15, 0.2) is 11.5 Å². The Morgan fingerprint density at radius 2 is 2.04 bits per heavy atom. The maximum atomic E-state index is 12.4. The van der Waals surface area contributed by atoms with E-state index in [0.29, 0.717) is 20.9 Å². The van der Waals surface area contributed by atoms with Gasteiger partial charge in [0.05, 0.1) is 28.7 Å². The van der Waals surface area contributed by atoms with E-state index in [1.165, 1.54) is 19.4 Å². The zero-order valence-corrected chi connectivity index (χ0v) is 14.1. The van der Waals surface area contributed by atoms with E-state index in [9.17, 15) is 14.7 Å². The number of rotatable bonds is 3. The van der Waals surface area contributed by atoms with Gasteiger partial charge in [-0.25, -0.2) is 4.79 Å². The number of ether oxygens (including phenoxy) is 1. The minimum atomic E-state index is -0.639. The maximum Gasteiger partial charge on any atom is 0.349 e. The van der Waals surface area contributed by atoms with E-state index in [2.05, 4.69) is 26.0 Å². The van der Waals surface area contributed by atoms with Crippen molar-refractivity contribution in [1.82, 2.24) is 9.66 Å². The minimum absolute atomic E-state index is 0.0460. The predicted molar refractivity (Wildman–Crippen MR) is 94.2 cm³/mol. The van der Waals surface area contributed by atoms with Crippen LogP contribution in [0.3, 0.4) is 0 Å². The smallest absolute Gasteiger partial charge is 0.349 e. The molecule has 0 saturated heterocycles. The number of fused-ring (bicyclic) bond motifs is 1. The standard InChI is InChI=1S/C16H12BrN3O4/c1-24-13-7-9(6-11(17)14(13)21)8-18-20-15(22)10-4-2-3-5-12(10)19-16(20)23/h2-8,21H,1H3,(H,19,23)/b18-8+. The average Bonchev–Trinajstić information content (AvgIpc) is 2.57. The molecule has 2 N–H and O–H groups in total. The van der Waals surface area contributed by atoms with Crippen molar-refractivity contribution in [3.8, 4) is 11.5 Å². The molecule has 122 valence electrons. The van der Waals surface area contributed by atoms with Crippen LogP contribution in [0.5, 0.6) is 11.5 Å². The topological polar surface area (TPSA) is 96.7 Å². The number of para-hydroxylation sites is 1. The van der Waals surface area contributed by atoms with Crippen molar-refractivity contribution >= 4 is 33.0 Å². The van der Waals surface area contributed by atoms with Gasteiger partial charge in [-0.15, -0.1) is 4.68 Å². The zero-order chi connectivity index (χ0) is 17.3. The summed E-state index contributed by atoms with van der Waals surface area (Å²) in [5.74, 6) is 0.195. The highest BCUT2D eigenvalue weighted by atomic mass is 79.9. The van der Waals surface area contributed by atoms with Crippen LogP contribution in [0.4, 0.5) is 0 Å². The van der Waals surface area contributed by atoms with E-state index in [0.717, 1.165) is 4.68 Å². The number of hydrogen-bond donors (Lipinski definition) is 2. The Labute approximate surface area is 144 Å². The molecular weight excluding hydrogens is 378 g/mol. The number of nitrogens with zero attached hydrogens (tertiary/aromatic N) is 2. The summed E-state index contributed by atoms with van der Waals surface area (Å²) in [6.07, 6.45) is 1.33. The summed E-state index contributed by atoms with van der Waals surface area (Å²) in [4.78, 5) is 27.0. The number of H-pyrrole nitrogens is 1. The molecule has 24 heavy (non-hydrogen) atoms. The van der Waals surface area contributed by atoms with E-state index in [1.54, 1.807) is 30.3 Å². The molecule has 0 amide bonds. The molecule has 3 aromatic rings. The molecule has 3 rings (SSSR count).